The summed E-state index contributed by atoms with van der Waals surface area (Å²) in [4.78, 5) is 12.7. The zero-order chi connectivity index (χ0) is 14.2. The molecule has 104 valence electrons. The zero-order valence-electron chi connectivity index (χ0n) is 10.7. The maximum absolute atomic E-state index is 12.2. The summed E-state index contributed by atoms with van der Waals surface area (Å²) in [6, 6.07) is 4.22. The maximum atomic E-state index is 12.2. The molecule has 1 heterocycles. The van der Waals surface area contributed by atoms with Crippen LogP contribution in [0.2, 0.25) is 0 Å². The Balaban J connectivity index is 2.50. The van der Waals surface area contributed by atoms with Gasteiger partial charge in [0, 0.05) is 13.1 Å². The molecular formula is C12H15NO5S. The molecule has 0 amide bonds. The lowest BCUT2D eigenvalue weighted by Gasteiger charge is -2.34. The minimum atomic E-state index is -3.49. The van der Waals surface area contributed by atoms with Crippen LogP contribution in [0.1, 0.15) is 6.42 Å². The van der Waals surface area contributed by atoms with Gasteiger partial charge in [-0.25, -0.2) is 8.42 Å². The molecule has 1 aliphatic rings. The van der Waals surface area contributed by atoms with E-state index in [-0.39, 0.29) is 17.1 Å². The van der Waals surface area contributed by atoms with E-state index in [1.807, 2.05) is 0 Å². The molecule has 0 saturated heterocycles. The number of hydrogen-bond donors (Lipinski definition) is 1. The van der Waals surface area contributed by atoms with Gasteiger partial charge in [0.2, 0.25) is 0 Å². The molecule has 2 rings (SSSR count). The molecule has 1 aromatic carbocycles. The Bertz CT molecular complexity index is 611. The lowest BCUT2D eigenvalue weighted by atomic mass is 10.1. The average Bonchev–Trinajstić information content (AvgIpc) is 2.34. The summed E-state index contributed by atoms with van der Waals surface area (Å²) < 4.78 is 29.4. The van der Waals surface area contributed by atoms with Crippen LogP contribution in [0.4, 0.5) is 5.69 Å². The lowest BCUT2D eigenvalue weighted by molar-refractivity contribution is -0.137. The van der Waals surface area contributed by atoms with Crippen LogP contribution < -0.4 is 9.64 Å². The highest BCUT2D eigenvalue weighted by molar-refractivity contribution is 7.91. The summed E-state index contributed by atoms with van der Waals surface area (Å²) >= 11 is 0. The maximum Gasteiger partial charge on any atom is 0.305 e. The van der Waals surface area contributed by atoms with Gasteiger partial charge in [-0.1, -0.05) is 0 Å². The van der Waals surface area contributed by atoms with E-state index in [2.05, 4.69) is 0 Å². The van der Waals surface area contributed by atoms with Gasteiger partial charge < -0.3 is 14.7 Å². The van der Waals surface area contributed by atoms with Gasteiger partial charge in [-0.05, 0) is 12.1 Å². The van der Waals surface area contributed by atoms with Crippen LogP contribution in [0.5, 0.6) is 5.75 Å². The van der Waals surface area contributed by atoms with Gasteiger partial charge in [0.15, 0.2) is 9.84 Å². The third-order valence-corrected chi connectivity index (χ3v) is 5.07. The highest BCUT2D eigenvalue weighted by atomic mass is 32.2. The molecular weight excluding hydrogens is 270 g/mol. The van der Waals surface area contributed by atoms with Gasteiger partial charge in [-0.3, -0.25) is 4.79 Å². The minimum absolute atomic E-state index is 0.191. The van der Waals surface area contributed by atoms with Gasteiger partial charge in [0.25, 0.3) is 0 Å². The topological polar surface area (TPSA) is 83.9 Å². The van der Waals surface area contributed by atoms with E-state index in [1.54, 1.807) is 24.1 Å². The van der Waals surface area contributed by atoms with Crippen LogP contribution in [0, 0.1) is 0 Å². The highest BCUT2D eigenvalue weighted by Gasteiger charge is 2.35. The average molecular weight is 285 g/mol. The second-order valence-electron chi connectivity index (χ2n) is 4.48. The molecule has 6 nitrogen and oxygen atoms in total. The van der Waals surface area contributed by atoms with Crippen LogP contribution in [0.15, 0.2) is 23.1 Å². The SMILES string of the molecule is COc1ccc2c(c1)S(=O)(=O)CC(CC(=O)O)N2C. The number of carboxylic acid groups (broad SMARTS) is 1. The minimum Gasteiger partial charge on any atom is -0.497 e. The fourth-order valence-electron chi connectivity index (χ4n) is 2.21. The number of hydrogen-bond acceptors (Lipinski definition) is 5. The molecule has 1 atom stereocenters. The molecule has 19 heavy (non-hydrogen) atoms. The van der Waals surface area contributed by atoms with Crippen LogP contribution in [-0.2, 0) is 14.6 Å². The fourth-order valence-corrected chi connectivity index (χ4v) is 4.06. The second-order valence-corrected chi connectivity index (χ2v) is 6.48. The quantitative estimate of drug-likeness (QED) is 0.882. The summed E-state index contributed by atoms with van der Waals surface area (Å²) in [7, 11) is -0.319. The molecule has 0 aliphatic carbocycles. The van der Waals surface area contributed by atoms with Crippen molar-refractivity contribution in [3.05, 3.63) is 18.2 Å². The molecule has 0 saturated carbocycles. The standard InChI is InChI=1S/C12H15NO5S/c1-13-8(5-12(14)15)7-19(16,17)11-6-9(18-2)3-4-10(11)13/h3-4,6,8H,5,7H2,1-2H3,(H,14,15). The summed E-state index contributed by atoms with van der Waals surface area (Å²) in [5, 5.41) is 8.84. The van der Waals surface area contributed by atoms with Crippen molar-refractivity contribution in [2.75, 3.05) is 24.8 Å². The number of benzene rings is 1. The molecule has 0 spiro atoms. The molecule has 0 fully saturated rings. The van der Waals surface area contributed by atoms with Crippen LogP contribution >= 0.6 is 0 Å². The molecule has 1 aliphatic heterocycles. The molecule has 7 heteroatoms. The third-order valence-electron chi connectivity index (χ3n) is 3.25. The van der Waals surface area contributed by atoms with Gasteiger partial charge >= 0.3 is 5.97 Å². The van der Waals surface area contributed by atoms with Crippen LogP contribution in [0.25, 0.3) is 0 Å². The molecule has 1 unspecified atom stereocenters. The number of aliphatic carboxylic acids is 1. The Labute approximate surface area is 111 Å². The van der Waals surface area contributed by atoms with Crippen molar-refractivity contribution in [1.29, 1.82) is 0 Å². The Morgan fingerprint density at radius 3 is 2.79 bits per heavy atom. The Hall–Kier alpha value is -1.76. The molecule has 1 aromatic rings. The molecule has 0 bridgehead atoms. The van der Waals surface area contributed by atoms with Gasteiger partial charge in [-0.2, -0.15) is 0 Å². The Morgan fingerprint density at radius 2 is 2.21 bits per heavy atom. The predicted molar refractivity (Wildman–Crippen MR) is 69.5 cm³/mol. The van der Waals surface area contributed by atoms with Crippen molar-refractivity contribution in [1.82, 2.24) is 0 Å². The molecule has 0 radical (unpaired) electrons. The van der Waals surface area contributed by atoms with Crippen molar-refractivity contribution in [3.8, 4) is 5.75 Å². The molecule has 1 N–H and O–H groups in total. The first-order valence-electron chi connectivity index (χ1n) is 5.70. The van der Waals surface area contributed by atoms with E-state index in [0.717, 1.165) is 0 Å². The number of rotatable bonds is 3. The van der Waals surface area contributed by atoms with Crippen LogP contribution in [-0.4, -0.2) is 45.4 Å². The van der Waals surface area contributed by atoms with Gasteiger partial charge in [-0.15, -0.1) is 0 Å². The summed E-state index contributed by atoms with van der Waals surface area (Å²) in [6.07, 6.45) is -0.207. The van der Waals surface area contributed by atoms with Gasteiger partial charge in [0.05, 0.1) is 35.9 Å². The number of anilines is 1. The number of carbonyl (C=O) groups is 1. The summed E-state index contributed by atoms with van der Waals surface area (Å²) in [6.45, 7) is 0. The monoisotopic (exact) mass is 285 g/mol. The molecule has 0 aromatic heterocycles. The predicted octanol–water partition coefficient (Wildman–Crippen LogP) is 0.762. The first-order valence-corrected chi connectivity index (χ1v) is 7.36. The van der Waals surface area contributed by atoms with E-state index in [4.69, 9.17) is 9.84 Å². The van der Waals surface area contributed by atoms with E-state index < -0.39 is 21.8 Å². The largest absolute Gasteiger partial charge is 0.497 e. The van der Waals surface area contributed by atoms with Crippen molar-refractivity contribution in [3.63, 3.8) is 0 Å². The van der Waals surface area contributed by atoms with E-state index in [9.17, 15) is 13.2 Å². The fraction of sp³-hybridized carbons (Fsp3) is 0.417. The first kappa shape index (κ1) is 13.7. The normalized spacial score (nSPS) is 20.7. The number of methoxy groups -OCH3 is 1. The van der Waals surface area contributed by atoms with Crippen molar-refractivity contribution in [2.24, 2.45) is 0 Å². The third kappa shape index (κ3) is 2.51. The highest BCUT2D eigenvalue weighted by Crippen LogP contribution is 2.35. The first-order chi connectivity index (χ1) is 8.85. The Morgan fingerprint density at radius 1 is 1.53 bits per heavy atom. The lowest BCUT2D eigenvalue weighted by Crippen LogP contribution is -2.43. The smallest absolute Gasteiger partial charge is 0.305 e. The van der Waals surface area contributed by atoms with Crippen molar-refractivity contribution >= 4 is 21.5 Å². The number of nitrogens with zero attached hydrogens (tertiary/aromatic N) is 1. The number of ether oxygens (including phenoxy) is 1. The summed E-state index contributed by atoms with van der Waals surface area (Å²) in [5.41, 5.74) is 0.512. The van der Waals surface area contributed by atoms with E-state index >= 15 is 0 Å². The van der Waals surface area contributed by atoms with Crippen LogP contribution in [0.3, 0.4) is 0 Å². The number of sulfone groups is 1. The summed E-state index contributed by atoms with van der Waals surface area (Å²) in [5.74, 6) is -0.743. The zero-order valence-corrected chi connectivity index (χ0v) is 11.5. The number of fused-ring (bicyclic) bond motifs is 1. The second kappa shape index (κ2) is 4.73. The Kier molecular flexibility index (Phi) is 3.40. The van der Waals surface area contributed by atoms with Crippen molar-refractivity contribution < 1.29 is 23.1 Å². The van der Waals surface area contributed by atoms with Crippen molar-refractivity contribution in [2.45, 2.75) is 17.4 Å². The van der Waals surface area contributed by atoms with Gasteiger partial charge in [0.1, 0.15) is 5.75 Å². The number of carboxylic acids is 1. The van der Waals surface area contributed by atoms with E-state index in [0.29, 0.717) is 11.4 Å². The van der Waals surface area contributed by atoms with E-state index in [1.165, 1.54) is 13.2 Å².